The van der Waals surface area contributed by atoms with Gasteiger partial charge in [0.05, 0.1) is 0 Å². The molecule has 1 aliphatic carbocycles. The molecule has 1 aromatic rings. The van der Waals surface area contributed by atoms with Gasteiger partial charge < -0.3 is 5.73 Å². The first-order valence-electron chi connectivity index (χ1n) is 5.21. The summed E-state index contributed by atoms with van der Waals surface area (Å²) >= 11 is 0. The molecule has 1 aromatic carbocycles. The van der Waals surface area contributed by atoms with E-state index in [1.807, 2.05) is 0 Å². The van der Waals surface area contributed by atoms with Crippen molar-refractivity contribution in [3.05, 3.63) is 41.0 Å². The van der Waals surface area contributed by atoms with E-state index >= 15 is 0 Å². The fourth-order valence-electron chi connectivity index (χ4n) is 2.05. The number of rotatable bonds is 2. The molecule has 0 spiro atoms. The van der Waals surface area contributed by atoms with Gasteiger partial charge in [-0.15, -0.1) is 0 Å². The summed E-state index contributed by atoms with van der Waals surface area (Å²) in [5.74, 6) is 0. The molecule has 0 saturated carbocycles. The van der Waals surface area contributed by atoms with Gasteiger partial charge in [0.15, 0.2) is 0 Å². The molecule has 0 bridgehead atoms. The summed E-state index contributed by atoms with van der Waals surface area (Å²) in [6.07, 6.45) is 4.39. The molecule has 0 aliphatic heterocycles. The molecule has 0 fully saturated rings. The first-order valence-corrected chi connectivity index (χ1v) is 5.21. The molecular formula is C13H17N. The number of hydrogen-bond acceptors (Lipinski definition) is 1. The van der Waals surface area contributed by atoms with E-state index in [0.717, 1.165) is 12.8 Å². The Morgan fingerprint density at radius 2 is 2.21 bits per heavy atom. The SMILES string of the molecule is Cc1ccc2c(c1)C(CC(C)N)=CC2. The number of benzene rings is 1. The predicted molar refractivity (Wildman–Crippen MR) is 61.1 cm³/mol. The van der Waals surface area contributed by atoms with E-state index in [2.05, 4.69) is 38.1 Å². The van der Waals surface area contributed by atoms with Crippen LogP contribution in [0.3, 0.4) is 0 Å². The molecule has 74 valence electrons. The van der Waals surface area contributed by atoms with Crippen LogP contribution in [-0.4, -0.2) is 6.04 Å². The largest absolute Gasteiger partial charge is 0.328 e. The highest BCUT2D eigenvalue weighted by atomic mass is 14.6. The molecule has 0 radical (unpaired) electrons. The first-order chi connectivity index (χ1) is 6.66. The number of nitrogens with two attached hydrogens (primary N) is 1. The van der Waals surface area contributed by atoms with Crippen molar-refractivity contribution >= 4 is 5.57 Å². The third kappa shape index (κ3) is 1.73. The molecule has 0 amide bonds. The Balaban J connectivity index is 2.31. The predicted octanol–water partition coefficient (Wildman–Crippen LogP) is 2.67. The maximum Gasteiger partial charge on any atom is 0.00510 e. The maximum atomic E-state index is 5.83. The van der Waals surface area contributed by atoms with Gasteiger partial charge in [0, 0.05) is 6.04 Å². The van der Waals surface area contributed by atoms with Crippen LogP contribution in [0.25, 0.3) is 5.57 Å². The quantitative estimate of drug-likeness (QED) is 0.757. The monoisotopic (exact) mass is 187 g/mol. The number of aryl methyl sites for hydroxylation is 1. The van der Waals surface area contributed by atoms with Gasteiger partial charge >= 0.3 is 0 Å². The Bertz CT molecular complexity index is 375. The summed E-state index contributed by atoms with van der Waals surface area (Å²) < 4.78 is 0. The van der Waals surface area contributed by atoms with Crippen molar-refractivity contribution < 1.29 is 0 Å². The Morgan fingerprint density at radius 3 is 2.93 bits per heavy atom. The van der Waals surface area contributed by atoms with Gasteiger partial charge in [0.2, 0.25) is 0 Å². The first kappa shape index (κ1) is 9.47. The van der Waals surface area contributed by atoms with Crippen molar-refractivity contribution in [3.63, 3.8) is 0 Å². The highest BCUT2D eigenvalue weighted by Gasteiger charge is 2.14. The molecular weight excluding hydrogens is 170 g/mol. The van der Waals surface area contributed by atoms with Crippen LogP contribution in [0, 0.1) is 6.92 Å². The Kier molecular flexibility index (Phi) is 2.42. The average Bonchev–Trinajstić information content (AvgIpc) is 2.47. The van der Waals surface area contributed by atoms with Crippen LogP contribution in [0.1, 0.15) is 30.0 Å². The molecule has 1 aliphatic rings. The summed E-state index contributed by atoms with van der Waals surface area (Å²) in [5.41, 5.74) is 11.5. The molecule has 2 rings (SSSR count). The van der Waals surface area contributed by atoms with Gasteiger partial charge in [-0.05, 0) is 43.4 Å². The minimum atomic E-state index is 0.257. The maximum absolute atomic E-state index is 5.83. The summed E-state index contributed by atoms with van der Waals surface area (Å²) in [6.45, 7) is 4.21. The van der Waals surface area contributed by atoms with Crippen LogP contribution in [0.4, 0.5) is 0 Å². The van der Waals surface area contributed by atoms with E-state index in [0.29, 0.717) is 0 Å². The Morgan fingerprint density at radius 1 is 1.43 bits per heavy atom. The van der Waals surface area contributed by atoms with Crippen LogP contribution < -0.4 is 5.73 Å². The second-order valence-electron chi connectivity index (χ2n) is 4.28. The topological polar surface area (TPSA) is 26.0 Å². The van der Waals surface area contributed by atoms with E-state index in [4.69, 9.17) is 5.73 Å². The van der Waals surface area contributed by atoms with Crippen molar-refractivity contribution in [1.29, 1.82) is 0 Å². The van der Waals surface area contributed by atoms with Crippen molar-refractivity contribution in [2.75, 3.05) is 0 Å². The lowest BCUT2D eigenvalue weighted by atomic mass is 9.99. The molecule has 14 heavy (non-hydrogen) atoms. The van der Waals surface area contributed by atoms with Crippen LogP contribution >= 0.6 is 0 Å². The molecule has 0 aromatic heterocycles. The summed E-state index contributed by atoms with van der Waals surface area (Å²) in [4.78, 5) is 0. The van der Waals surface area contributed by atoms with Crippen molar-refractivity contribution in [1.82, 2.24) is 0 Å². The van der Waals surface area contributed by atoms with Gasteiger partial charge in [-0.25, -0.2) is 0 Å². The van der Waals surface area contributed by atoms with E-state index in [-0.39, 0.29) is 6.04 Å². The molecule has 2 N–H and O–H groups in total. The van der Waals surface area contributed by atoms with Crippen LogP contribution in [-0.2, 0) is 6.42 Å². The smallest absolute Gasteiger partial charge is 0.00510 e. The van der Waals surface area contributed by atoms with Gasteiger partial charge in [-0.3, -0.25) is 0 Å². The summed E-state index contributed by atoms with van der Waals surface area (Å²) in [5, 5.41) is 0. The number of allylic oxidation sites excluding steroid dienone is 1. The molecule has 1 heteroatoms. The van der Waals surface area contributed by atoms with Crippen molar-refractivity contribution in [2.45, 2.75) is 32.7 Å². The van der Waals surface area contributed by atoms with Gasteiger partial charge in [-0.2, -0.15) is 0 Å². The highest BCUT2D eigenvalue weighted by molar-refractivity contribution is 5.73. The lowest BCUT2D eigenvalue weighted by Gasteiger charge is -2.09. The normalized spacial score (nSPS) is 16.4. The third-order valence-corrected chi connectivity index (χ3v) is 2.72. The zero-order valence-electron chi connectivity index (χ0n) is 8.88. The number of hydrogen-bond donors (Lipinski definition) is 1. The third-order valence-electron chi connectivity index (χ3n) is 2.72. The van der Waals surface area contributed by atoms with Gasteiger partial charge in [0.1, 0.15) is 0 Å². The molecule has 1 atom stereocenters. The fourth-order valence-corrected chi connectivity index (χ4v) is 2.05. The Labute approximate surface area is 85.6 Å². The molecule has 1 nitrogen and oxygen atoms in total. The minimum absolute atomic E-state index is 0.257. The number of fused-ring (bicyclic) bond motifs is 1. The van der Waals surface area contributed by atoms with E-state index in [1.54, 1.807) is 0 Å². The van der Waals surface area contributed by atoms with E-state index in [9.17, 15) is 0 Å². The summed E-state index contributed by atoms with van der Waals surface area (Å²) in [6, 6.07) is 6.95. The Hall–Kier alpha value is -1.08. The van der Waals surface area contributed by atoms with E-state index in [1.165, 1.54) is 22.3 Å². The van der Waals surface area contributed by atoms with Gasteiger partial charge in [-0.1, -0.05) is 29.8 Å². The van der Waals surface area contributed by atoms with Crippen LogP contribution in [0.15, 0.2) is 24.3 Å². The summed E-state index contributed by atoms with van der Waals surface area (Å²) in [7, 11) is 0. The average molecular weight is 187 g/mol. The van der Waals surface area contributed by atoms with Crippen molar-refractivity contribution in [2.24, 2.45) is 5.73 Å². The van der Waals surface area contributed by atoms with Crippen molar-refractivity contribution in [3.8, 4) is 0 Å². The zero-order chi connectivity index (χ0) is 10.1. The van der Waals surface area contributed by atoms with Crippen LogP contribution in [0.2, 0.25) is 0 Å². The minimum Gasteiger partial charge on any atom is -0.328 e. The molecule has 0 saturated heterocycles. The lowest BCUT2D eigenvalue weighted by molar-refractivity contribution is 0.768. The second-order valence-corrected chi connectivity index (χ2v) is 4.28. The fraction of sp³-hybridized carbons (Fsp3) is 0.385. The second kappa shape index (κ2) is 3.58. The molecule has 0 heterocycles. The highest BCUT2D eigenvalue weighted by Crippen LogP contribution is 2.30. The van der Waals surface area contributed by atoms with E-state index < -0.39 is 0 Å². The molecule has 1 unspecified atom stereocenters. The van der Waals surface area contributed by atoms with Gasteiger partial charge in [0.25, 0.3) is 0 Å². The standard InChI is InChI=1S/C13H17N/c1-9-3-4-11-5-6-12(8-10(2)14)13(11)7-9/h3-4,6-7,10H,5,8,14H2,1-2H3. The van der Waals surface area contributed by atoms with Crippen LogP contribution in [0.5, 0.6) is 0 Å². The zero-order valence-corrected chi connectivity index (χ0v) is 8.88. The lowest BCUT2D eigenvalue weighted by Crippen LogP contribution is -2.14.